The number of amides is 3. The molecule has 0 unspecified atom stereocenters. The Balaban J connectivity index is 1.63. The number of hydrogen-bond donors (Lipinski definition) is 3. The Kier molecular flexibility index (Phi) is 7.53. The minimum Gasteiger partial charge on any atom is -0.484 e. The van der Waals surface area contributed by atoms with E-state index in [4.69, 9.17) is 4.74 Å². The molecule has 0 aliphatic heterocycles. The number of carbonyl (C=O) groups is 3. The standard InChI is InChI=1S/C24H22FN3O4/c1-2-26-22(29)15-32-21-8-4-7-20(14-21)28-24(31)17-5-3-6-19(13-17)27-23(30)16-9-11-18(25)12-10-16/h3-14H,2,15H2,1H3,(H,26,29)(H,27,30)(H,28,31). The largest absolute Gasteiger partial charge is 0.484 e. The Morgan fingerprint density at radius 3 is 2.12 bits per heavy atom. The topological polar surface area (TPSA) is 96.5 Å². The van der Waals surface area contributed by atoms with E-state index in [2.05, 4.69) is 16.0 Å². The van der Waals surface area contributed by atoms with E-state index < -0.39 is 11.7 Å². The lowest BCUT2D eigenvalue weighted by molar-refractivity contribution is -0.122. The summed E-state index contributed by atoms with van der Waals surface area (Å²) in [7, 11) is 0. The van der Waals surface area contributed by atoms with Crippen LogP contribution in [0, 0.1) is 5.82 Å². The molecule has 8 heteroatoms. The van der Waals surface area contributed by atoms with Gasteiger partial charge in [-0.05, 0) is 61.5 Å². The van der Waals surface area contributed by atoms with E-state index in [1.165, 1.54) is 30.3 Å². The van der Waals surface area contributed by atoms with Gasteiger partial charge in [-0.15, -0.1) is 0 Å². The number of rotatable bonds is 8. The first-order chi connectivity index (χ1) is 15.4. The zero-order valence-electron chi connectivity index (χ0n) is 17.4. The summed E-state index contributed by atoms with van der Waals surface area (Å²) in [6, 6.07) is 18.3. The molecule has 3 rings (SSSR count). The van der Waals surface area contributed by atoms with Crippen LogP contribution in [0.3, 0.4) is 0 Å². The highest BCUT2D eigenvalue weighted by Gasteiger charge is 2.11. The van der Waals surface area contributed by atoms with Crippen LogP contribution in [0.25, 0.3) is 0 Å². The number of nitrogens with one attached hydrogen (secondary N) is 3. The third-order valence-corrected chi connectivity index (χ3v) is 4.32. The maximum Gasteiger partial charge on any atom is 0.257 e. The van der Waals surface area contributed by atoms with Crippen LogP contribution in [0.15, 0.2) is 72.8 Å². The average molecular weight is 435 g/mol. The molecule has 0 aliphatic carbocycles. The highest BCUT2D eigenvalue weighted by atomic mass is 19.1. The quantitative estimate of drug-likeness (QED) is 0.501. The summed E-state index contributed by atoms with van der Waals surface area (Å²) in [5, 5.41) is 8.08. The first-order valence-corrected chi connectivity index (χ1v) is 9.92. The van der Waals surface area contributed by atoms with Crippen molar-refractivity contribution in [3.8, 4) is 5.75 Å². The third-order valence-electron chi connectivity index (χ3n) is 4.32. The van der Waals surface area contributed by atoms with Gasteiger partial charge in [0.1, 0.15) is 11.6 Å². The number of likely N-dealkylation sites (N-methyl/N-ethyl adjacent to an activating group) is 1. The second kappa shape index (κ2) is 10.7. The number of hydrogen-bond acceptors (Lipinski definition) is 4. The highest BCUT2D eigenvalue weighted by Crippen LogP contribution is 2.19. The number of carbonyl (C=O) groups excluding carboxylic acids is 3. The molecule has 0 heterocycles. The van der Waals surface area contributed by atoms with Crippen LogP contribution >= 0.6 is 0 Å². The average Bonchev–Trinajstić information content (AvgIpc) is 2.79. The molecular weight excluding hydrogens is 413 g/mol. The van der Waals surface area contributed by atoms with Crippen LogP contribution in [0.1, 0.15) is 27.6 Å². The summed E-state index contributed by atoms with van der Waals surface area (Å²) >= 11 is 0. The Labute approximate surface area is 184 Å². The van der Waals surface area contributed by atoms with Gasteiger partial charge in [-0.3, -0.25) is 14.4 Å². The molecule has 0 atom stereocenters. The van der Waals surface area contributed by atoms with Crippen molar-refractivity contribution in [1.29, 1.82) is 0 Å². The molecule has 0 radical (unpaired) electrons. The van der Waals surface area contributed by atoms with Gasteiger partial charge in [0.15, 0.2) is 6.61 Å². The Hall–Kier alpha value is -4.20. The molecule has 0 aliphatic rings. The second-order valence-corrected chi connectivity index (χ2v) is 6.77. The van der Waals surface area contributed by atoms with Crippen LogP contribution in [0.5, 0.6) is 5.75 Å². The van der Waals surface area contributed by atoms with Crippen molar-refractivity contribution in [3.63, 3.8) is 0 Å². The normalized spacial score (nSPS) is 10.2. The van der Waals surface area contributed by atoms with Crippen molar-refractivity contribution < 1.29 is 23.5 Å². The molecule has 7 nitrogen and oxygen atoms in total. The number of ether oxygens (including phenoxy) is 1. The molecule has 32 heavy (non-hydrogen) atoms. The third kappa shape index (κ3) is 6.40. The predicted octanol–water partition coefficient (Wildman–Crippen LogP) is 3.85. The molecule has 3 amide bonds. The van der Waals surface area contributed by atoms with Gasteiger partial charge in [-0.1, -0.05) is 12.1 Å². The van der Waals surface area contributed by atoms with Crippen molar-refractivity contribution in [3.05, 3.63) is 89.7 Å². The van der Waals surface area contributed by atoms with Crippen molar-refractivity contribution >= 4 is 29.1 Å². The first kappa shape index (κ1) is 22.5. The number of anilines is 2. The summed E-state index contributed by atoms with van der Waals surface area (Å²) in [5.74, 6) is -1.03. The Bertz CT molecular complexity index is 1120. The SMILES string of the molecule is CCNC(=O)COc1cccc(NC(=O)c2cccc(NC(=O)c3ccc(F)cc3)c2)c1. The number of benzene rings is 3. The zero-order valence-corrected chi connectivity index (χ0v) is 17.4. The molecule has 0 saturated heterocycles. The van der Waals surface area contributed by atoms with E-state index in [9.17, 15) is 18.8 Å². The van der Waals surface area contributed by atoms with Crippen molar-refractivity contribution in [2.45, 2.75) is 6.92 Å². The molecule has 0 saturated carbocycles. The zero-order chi connectivity index (χ0) is 22.9. The maximum absolute atomic E-state index is 13.0. The predicted molar refractivity (Wildman–Crippen MR) is 119 cm³/mol. The van der Waals surface area contributed by atoms with Gasteiger partial charge in [-0.2, -0.15) is 0 Å². The van der Waals surface area contributed by atoms with Gasteiger partial charge in [-0.25, -0.2) is 4.39 Å². The fraction of sp³-hybridized carbons (Fsp3) is 0.125. The van der Waals surface area contributed by atoms with E-state index in [1.807, 2.05) is 6.92 Å². The van der Waals surface area contributed by atoms with Crippen molar-refractivity contribution in [2.24, 2.45) is 0 Å². The van der Waals surface area contributed by atoms with Crippen LogP contribution in [-0.4, -0.2) is 30.9 Å². The Morgan fingerprint density at radius 1 is 0.812 bits per heavy atom. The van der Waals surface area contributed by atoms with Crippen LogP contribution in [-0.2, 0) is 4.79 Å². The van der Waals surface area contributed by atoms with Gasteiger partial charge in [0, 0.05) is 35.1 Å². The maximum atomic E-state index is 13.0. The molecule has 3 aromatic rings. The van der Waals surface area contributed by atoms with Gasteiger partial charge in [0.05, 0.1) is 0 Å². The van der Waals surface area contributed by atoms with E-state index in [-0.39, 0.29) is 18.4 Å². The van der Waals surface area contributed by atoms with Crippen LogP contribution < -0.4 is 20.7 Å². The summed E-state index contributed by atoms with van der Waals surface area (Å²) < 4.78 is 18.5. The van der Waals surface area contributed by atoms with Gasteiger partial charge < -0.3 is 20.7 Å². The van der Waals surface area contributed by atoms with E-state index in [1.54, 1.807) is 42.5 Å². The highest BCUT2D eigenvalue weighted by molar-refractivity contribution is 6.07. The second-order valence-electron chi connectivity index (χ2n) is 6.77. The molecule has 0 fully saturated rings. The van der Waals surface area contributed by atoms with Crippen LogP contribution in [0.4, 0.5) is 15.8 Å². The van der Waals surface area contributed by atoms with Crippen molar-refractivity contribution in [2.75, 3.05) is 23.8 Å². The fourth-order valence-corrected chi connectivity index (χ4v) is 2.81. The van der Waals surface area contributed by atoms with Crippen molar-refractivity contribution in [1.82, 2.24) is 5.32 Å². The van der Waals surface area contributed by atoms with Gasteiger partial charge >= 0.3 is 0 Å². The van der Waals surface area contributed by atoms with Gasteiger partial charge in [0.2, 0.25) is 0 Å². The first-order valence-electron chi connectivity index (χ1n) is 9.92. The molecule has 0 aromatic heterocycles. The fourth-order valence-electron chi connectivity index (χ4n) is 2.81. The summed E-state index contributed by atoms with van der Waals surface area (Å²) in [4.78, 5) is 36.5. The molecule has 3 aromatic carbocycles. The molecular formula is C24H22FN3O4. The molecule has 164 valence electrons. The molecule has 0 bridgehead atoms. The summed E-state index contributed by atoms with van der Waals surface area (Å²) in [6.07, 6.45) is 0. The lowest BCUT2D eigenvalue weighted by atomic mass is 10.1. The minimum atomic E-state index is -0.432. The molecule has 0 spiro atoms. The molecule has 3 N–H and O–H groups in total. The smallest absolute Gasteiger partial charge is 0.257 e. The van der Waals surface area contributed by atoms with Crippen LogP contribution in [0.2, 0.25) is 0 Å². The van der Waals surface area contributed by atoms with E-state index >= 15 is 0 Å². The lowest BCUT2D eigenvalue weighted by Gasteiger charge is -2.10. The van der Waals surface area contributed by atoms with E-state index in [0.717, 1.165) is 0 Å². The van der Waals surface area contributed by atoms with E-state index in [0.29, 0.717) is 34.8 Å². The Morgan fingerprint density at radius 2 is 1.44 bits per heavy atom. The van der Waals surface area contributed by atoms with Gasteiger partial charge in [0.25, 0.3) is 17.7 Å². The monoisotopic (exact) mass is 435 g/mol. The summed E-state index contributed by atoms with van der Waals surface area (Å²) in [5.41, 5.74) is 1.54. The lowest BCUT2D eigenvalue weighted by Crippen LogP contribution is -2.28. The minimum absolute atomic E-state index is 0.124. The number of halogens is 1. The summed E-state index contributed by atoms with van der Waals surface area (Å²) in [6.45, 7) is 2.21.